The van der Waals surface area contributed by atoms with Crippen LogP contribution in [0.4, 0.5) is 5.95 Å². The van der Waals surface area contributed by atoms with Crippen molar-refractivity contribution >= 4 is 5.95 Å². The number of aromatic nitrogens is 2. The van der Waals surface area contributed by atoms with E-state index in [0.717, 1.165) is 56.6 Å². The van der Waals surface area contributed by atoms with Gasteiger partial charge in [-0.15, -0.1) is 0 Å². The fourth-order valence-electron chi connectivity index (χ4n) is 4.70. The van der Waals surface area contributed by atoms with Gasteiger partial charge in [0.05, 0.1) is 13.2 Å². The molecule has 2 heterocycles. The number of nitrogens with one attached hydrogen (secondary N) is 1. The Morgan fingerprint density at radius 3 is 2.65 bits per heavy atom. The topological polar surface area (TPSA) is 50.3 Å². The van der Waals surface area contributed by atoms with Crippen LogP contribution in [0.1, 0.15) is 38.2 Å². The summed E-state index contributed by atoms with van der Waals surface area (Å²) in [4.78, 5) is 11.3. The van der Waals surface area contributed by atoms with Crippen molar-refractivity contribution in [3.8, 4) is 0 Å². The maximum atomic E-state index is 5.37. The molecule has 0 amide bonds. The average molecular weight is 316 g/mol. The molecule has 1 aromatic heterocycles. The monoisotopic (exact) mass is 316 g/mol. The van der Waals surface area contributed by atoms with Gasteiger partial charge in [-0.1, -0.05) is 6.42 Å². The van der Waals surface area contributed by atoms with Crippen LogP contribution in [0.25, 0.3) is 0 Å². The summed E-state index contributed by atoms with van der Waals surface area (Å²) < 4.78 is 5.37. The Balaban J connectivity index is 1.29. The number of morpholine rings is 1. The third-order valence-electron chi connectivity index (χ3n) is 6.05. The molecular formula is C18H28N4O. The van der Waals surface area contributed by atoms with Crippen LogP contribution in [0.5, 0.6) is 0 Å². The normalized spacial score (nSPS) is 31.5. The number of nitrogens with zero attached hydrogens (tertiary/aromatic N) is 3. The van der Waals surface area contributed by atoms with Gasteiger partial charge in [0.25, 0.3) is 0 Å². The van der Waals surface area contributed by atoms with E-state index < -0.39 is 0 Å². The van der Waals surface area contributed by atoms with Crippen molar-refractivity contribution in [2.75, 3.05) is 31.2 Å². The Morgan fingerprint density at radius 1 is 1.22 bits per heavy atom. The molecule has 0 radical (unpaired) electrons. The predicted octanol–water partition coefficient (Wildman–Crippen LogP) is 2.23. The summed E-state index contributed by atoms with van der Waals surface area (Å²) in [5.74, 6) is 3.70. The maximum Gasteiger partial charge on any atom is 0.225 e. The van der Waals surface area contributed by atoms with Crippen LogP contribution in [0.2, 0.25) is 0 Å². The van der Waals surface area contributed by atoms with Crippen molar-refractivity contribution in [2.45, 2.75) is 45.2 Å². The second kappa shape index (κ2) is 6.73. The van der Waals surface area contributed by atoms with E-state index in [9.17, 15) is 0 Å². The molecule has 23 heavy (non-hydrogen) atoms. The van der Waals surface area contributed by atoms with Crippen molar-refractivity contribution in [2.24, 2.45) is 17.8 Å². The average Bonchev–Trinajstić information content (AvgIpc) is 3.24. The molecule has 1 saturated heterocycles. The van der Waals surface area contributed by atoms with E-state index >= 15 is 0 Å². The van der Waals surface area contributed by atoms with Crippen LogP contribution in [0.15, 0.2) is 12.4 Å². The highest BCUT2D eigenvalue weighted by atomic mass is 16.5. The molecule has 3 aliphatic rings. The molecule has 4 atom stereocenters. The molecule has 2 saturated carbocycles. The van der Waals surface area contributed by atoms with Crippen molar-refractivity contribution in [3.05, 3.63) is 18.0 Å². The van der Waals surface area contributed by atoms with Crippen molar-refractivity contribution in [1.29, 1.82) is 0 Å². The molecule has 3 fully saturated rings. The summed E-state index contributed by atoms with van der Waals surface area (Å²) in [6.45, 7) is 6.55. The lowest BCUT2D eigenvalue weighted by molar-refractivity contribution is 0.122. The van der Waals surface area contributed by atoms with Crippen molar-refractivity contribution in [1.82, 2.24) is 15.3 Å². The number of hydrogen-bond donors (Lipinski definition) is 1. The van der Waals surface area contributed by atoms with Gasteiger partial charge in [0.1, 0.15) is 0 Å². The summed E-state index contributed by atoms with van der Waals surface area (Å²) >= 11 is 0. The Kier molecular flexibility index (Phi) is 4.49. The van der Waals surface area contributed by atoms with Gasteiger partial charge in [-0.05, 0) is 43.9 Å². The first kappa shape index (κ1) is 15.3. The van der Waals surface area contributed by atoms with Crippen LogP contribution >= 0.6 is 0 Å². The first-order chi connectivity index (χ1) is 11.3. The van der Waals surface area contributed by atoms with Crippen LogP contribution in [0, 0.1) is 17.8 Å². The Labute approximate surface area is 138 Å². The molecule has 1 N–H and O–H groups in total. The number of fused-ring (bicyclic) bond motifs is 2. The summed E-state index contributed by atoms with van der Waals surface area (Å²) in [6.07, 6.45) is 9.79. The standard InChI is InChI=1S/C18H28N4O/c1-13(17-9-14-2-3-16(17)8-14)19-10-15-11-20-18(21-12-15)22-4-6-23-7-5-22/h11-14,16-17,19H,2-10H2,1H3/t13-,14+,16+,17+/m1/s1. The zero-order chi connectivity index (χ0) is 15.6. The highest BCUT2D eigenvalue weighted by Gasteiger charge is 2.41. The molecule has 0 spiro atoms. The molecule has 126 valence electrons. The predicted molar refractivity (Wildman–Crippen MR) is 90.3 cm³/mol. The van der Waals surface area contributed by atoms with Crippen LogP contribution in [-0.4, -0.2) is 42.3 Å². The number of rotatable bonds is 5. The van der Waals surface area contributed by atoms with Gasteiger partial charge in [-0.3, -0.25) is 0 Å². The van der Waals surface area contributed by atoms with E-state index in [0.29, 0.717) is 6.04 Å². The Bertz CT molecular complexity index is 514. The highest BCUT2D eigenvalue weighted by Crippen LogP contribution is 2.49. The van der Waals surface area contributed by atoms with Gasteiger partial charge in [0.2, 0.25) is 5.95 Å². The quantitative estimate of drug-likeness (QED) is 0.903. The van der Waals surface area contributed by atoms with Crippen LogP contribution in [0.3, 0.4) is 0 Å². The number of ether oxygens (including phenoxy) is 1. The fraction of sp³-hybridized carbons (Fsp3) is 0.778. The highest BCUT2D eigenvalue weighted by molar-refractivity contribution is 5.30. The minimum Gasteiger partial charge on any atom is -0.378 e. The minimum atomic E-state index is 0.601. The van der Waals surface area contributed by atoms with Gasteiger partial charge in [-0.2, -0.15) is 0 Å². The van der Waals surface area contributed by atoms with E-state index in [1.54, 1.807) is 0 Å². The molecule has 4 rings (SSSR count). The van der Waals surface area contributed by atoms with Gasteiger partial charge in [0.15, 0.2) is 0 Å². The first-order valence-corrected chi connectivity index (χ1v) is 9.16. The zero-order valence-corrected chi connectivity index (χ0v) is 14.1. The summed E-state index contributed by atoms with van der Waals surface area (Å²) in [7, 11) is 0. The molecule has 1 aromatic rings. The van der Waals surface area contributed by atoms with Gasteiger partial charge >= 0.3 is 0 Å². The van der Waals surface area contributed by atoms with Gasteiger partial charge < -0.3 is 15.0 Å². The molecule has 0 aromatic carbocycles. The van der Waals surface area contributed by atoms with Crippen LogP contribution in [-0.2, 0) is 11.3 Å². The lowest BCUT2D eigenvalue weighted by Gasteiger charge is -2.29. The molecule has 0 unspecified atom stereocenters. The molecule has 5 heteroatoms. The van der Waals surface area contributed by atoms with E-state index in [2.05, 4.69) is 27.1 Å². The van der Waals surface area contributed by atoms with E-state index in [1.165, 1.54) is 31.2 Å². The number of hydrogen-bond acceptors (Lipinski definition) is 5. The third kappa shape index (κ3) is 3.36. The van der Waals surface area contributed by atoms with Crippen molar-refractivity contribution in [3.63, 3.8) is 0 Å². The SMILES string of the molecule is C[C@@H](NCc1cnc(N2CCOCC2)nc1)[C@@H]1C[C@H]2CC[C@H]1C2. The Hall–Kier alpha value is -1.20. The molecular weight excluding hydrogens is 288 g/mol. The zero-order valence-electron chi connectivity index (χ0n) is 14.1. The Morgan fingerprint density at radius 2 is 2.00 bits per heavy atom. The first-order valence-electron chi connectivity index (χ1n) is 9.16. The lowest BCUT2D eigenvalue weighted by atomic mass is 9.84. The molecule has 2 aliphatic carbocycles. The van der Waals surface area contributed by atoms with Gasteiger partial charge in [0, 0.05) is 43.6 Å². The third-order valence-corrected chi connectivity index (χ3v) is 6.05. The second-order valence-electron chi connectivity index (χ2n) is 7.50. The maximum absolute atomic E-state index is 5.37. The molecule has 2 bridgehead atoms. The van der Waals surface area contributed by atoms with E-state index in [1.807, 2.05) is 12.4 Å². The van der Waals surface area contributed by atoms with Gasteiger partial charge in [-0.25, -0.2) is 9.97 Å². The number of anilines is 1. The lowest BCUT2D eigenvalue weighted by Crippen LogP contribution is -2.37. The molecule has 5 nitrogen and oxygen atoms in total. The van der Waals surface area contributed by atoms with Crippen LogP contribution < -0.4 is 10.2 Å². The smallest absolute Gasteiger partial charge is 0.225 e. The summed E-state index contributed by atoms with van der Waals surface area (Å²) in [5.41, 5.74) is 1.18. The summed E-state index contributed by atoms with van der Waals surface area (Å²) in [6, 6.07) is 0.601. The van der Waals surface area contributed by atoms with E-state index in [-0.39, 0.29) is 0 Å². The fourth-order valence-corrected chi connectivity index (χ4v) is 4.70. The molecule has 1 aliphatic heterocycles. The van der Waals surface area contributed by atoms with Crippen molar-refractivity contribution < 1.29 is 4.74 Å². The second-order valence-corrected chi connectivity index (χ2v) is 7.50. The minimum absolute atomic E-state index is 0.601. The largest absolute Gasteiger partial charge is 0.378 e. The summed E-state index contributed by atoms with van der Waals surface area (Å²) in [5, 5.41) is 3.71. The van der Waals surface area contributed by atoms with E-state index in [4.69, 9.17) is 4.74 Å².